The molecule has 1 aromatic heterocycles. The van der Waals surface area contributed by atoms with Crippen molar-refractivity contribution < 1.29 is 8.81 Å². The highest BCUT2D eigenvalue weighted by Gasteiger charge is 2.09. The molecule has 0 spiro atoms. The number of nitrogens with zero attached hydrogens (tertiary/aromatic N) is 1. The molecule has 0 aliphatic carbocycles. The third-order valence-corrected chi connectivity index (χ3v) is 2.05. The van der Waals surface area contributed by atoms with Crippen LogP contribution < -0.4 is 0 Å². The lowest BCUT2D eigenvalue weighted by Crippen LogP contribution is -1.82. The van der Waals surface area contributed by atoms with Gasteiger partial charge in [0.2, 0.25) is 5.89 Å². The molecule has 0 fully saturated rings. The highest BCUT2D eigenvalue weighted by atomic mass is 35.5. The lowest BCUT2D eigenvalue weighted by molar-refractivity contribution is 0.530. The van der Waals surface area contributed by atoms with Gasteiger partial charge in [-0.25, -0.2) is 9.37 Å². The van der Waals surface area contributed by atoms with Crippen LogP contribution in [0.25, 0.3) is 11.5 Å². The molecule has 72 valence electrons. The van der Waals surface area contributed by atoms with Gasteiger partial charge < -0.3 is 4.42 Å². The summed E-state index contributed by atoms with van der Waals surface area (Å²) < 4.78 is 18.5. The Kier molecular flexibility index (Phi) is 2.50. The van der Waals surface area contributed by atoms with Crippen molar-refractivity contribution in [2.75, 3.05) is 0 Å². The summed E-state index contributed by atoms with van der Waals surface area (Å²) in [5, 5.41) is 0. The SMILES string of the molecule is Fc1ccccc1-c1ncc(CCl)o1. The topological polar surface area (TPSA) is 26.0 Å². The molecule has 14 heavy (non-hydrogen) atoms. The van der Waals surface area contributed by atoms with Gasteiger partial charge in [0, 0.05) is 0 Å². The lowest BCUT2D eigenvalue weighted by Gasteiger charge is -1.96. The number of aromatic nitrogens is 1. The van der Waals surface area contributed by atoms with Gasteiger partial charge >= 0.3 is 0 Å². The maximum absolute atomic E-state index is 13.3. The van der Waals surface area contributed by atoms with Gasteiger partial charge in [-0.05, 0) is 12.1 Å². The molecule has 2 rings (SSSR count). The molecule has 0 aliphatic heterocycles. The van der Waals surface area contributed by atoms with Crippen molar-refractivity contribution >= 4 is 11.6 Å². The van der Waals surface area contributed by atoms with Crippen LogP contribution in [0.4, 0.5) is 4.39 Å². The maximum Gasteiger partial charge on any atom is 0.229 e. The number of hydrogen-bond donors (Lipinski definition) is 0. The Hall–Kier alpha value is -1.35. The molecule has 0 N–H and O–H groups in total. The molecular weight excluding hydrogens is 205 g/mol. The summed E-state index contributed by atoms with van der Waals surface area (Å²) in [5.74, 6) is 0.681. The average molecular weight is 212 g/mol. The number of oxazole rings is 1. The van der Waals surface area contributed by atoms with E-state index in [1.807, 2.05) is 0 Å². The number of benzene rings is 1. The van der Waals surface area contributed by atoms with E-state index in [1.54, 1.807) is 18.2 Å². The highest BCUT2D eigenvalue weighted by Crippen LogP contribution is 2.22. The number of halogens is 2. The Balaban J connectivity index is 2.44. The van der Waals surface area contributed by atoms with E-state index in [0.29, 0.717) is 11.3 Å². The summed E-state index contributed by atoms with van der Waals surface area (Å²) in [6.07, 6.45) is 1.49. The molecule has 0 radical (unpaired) electrons. The quantitative estimate of drug-likeness (QED) is 0.713. The fraction of sp³-hybridized carbons (Fsp3) is 0.100. The zero-order valence-electron chi connectivity index (χ0n) is 7.21. The highest BCUT2D eigenvalue weighted by molar-refractivity contribution is 6.16. The lowest BCUT2D eigenvalue weighted by atomic mass is 10.2. The van der Waals surface area contributed by atoms with Crippen molar-refractivity contribution in [1.29, 1.82) is 0 Å². The summed E-state index contributed by atoms with van der Waals surface area (Å²) in [4.78, 5) is 3.93. The predicted octanol–water partition coefficient (Wildman–Crippen LogP) is 3.22. The Morgan fingerprint density at radius 1 is 1.36 bits per heavy atom. The monoisotopic (exact) mass is 211 g/mol. The van der Waals surface area contributed by atoms with Gasteiger partial charge in [0.15, 0.2) is 0 Å². The molecule has 4 heteroatoms. The molecule has 2 aromatic rings. The van der Waals surface area contributed by atoms with E-state index >= 15 is 0 Å². The van der Waals surface area contributed by atoms with Gasteiger partial charge in [-0.2, -0.15) is 0 Å². The van der Waals surface area contributed by atoms with E-state index in [-0.39, 0.29) is 17.6 Å². The van der Waals surface area contributed by atoms with Crippen molar-refractivity contribution in [3.63, 3.8) is 0 Å². The second kappa shape index (κ2) is 3.80. The summed E-state index contributed by atoms with van der Waals surface area (Å²) in [5.41, 5.74) is 0.351. The number of rotatable bonds is 2. The summed E-state index contributed by atoms with van der Waals surface area (Å²) >= 11 is 5.54. The van der Waals surface area contributed by atoms with E-state index in [9.17, 15) is 4.39 Å². The van der Waals surface area contributed by atoms with E-state index < -0.39 is 0 Å². The fourth-order valence-electron chi connectivity index (χ4n) is 1.13. The molecule has 0 atom stereocenters. The van der Waals surface area contributed by atoms with Gasteiger partial charge in [0.1, 0.15) is 11.6 Å². The first-order valence-corrected chi connectivity index (χ1v) is 4.60. The average Bonchev–Trinajstić information content (AvgIpc) is 2.67. The molecule has 0 saturated heterocycles. The molecule has 0 aliphatic rings. The van der Waals surface area contributed by atoms with Gasteiger partial charge in [0.25, 0.3) is 0 Å². The minimum atomic E-state index is -0.351. The van der Waals surface area contributed by atoms with Gasteiger partial charge in [0.05, 0.1) is 17.6 Å². The minimum absolute atomic E-state index is 0.238. The molecule has 1 aromatic carbocycles. The zero-order chi connectivity index (χ0) is 9.97. The van der Waals surface area contributed by atoms with Gasteiger partial charge in [-0.3, -0.25) is 0 Å². The zero-order valence-corrected chi connectivity index (χ0v) is 7.96. The van der Waals surface area contributed by atoms with Gasteiger partial charge in [-0.15, -0.1) is 11.6 Å². The summed E-state index contributed by atoms with van der Waals surface area (Å²) in [6, 6.07) is 6.31. The van der Waals surface area contributed by atoms with Crippen LogP contribution in [0.2, 0.25) is 0 Å². The van der Waals surface area contributed by atoms with E-state index in [2.05, 4.69) is 4.98 Å². The second-order valence-electron chi connectivity index (χ2n) is 2.75. The molecule has 0 unspecified atom stereocenters. The van der Waals surface area contributed by atoms with Crippen LogP contribution in [0.5, 0.6) is 0 Å². The number of hydrogen-bond acceptors (Lipinski definition) is 2. The van der Waals surface area contributed by atoms with Crippen LogP contribution in [0.3, 0.4) is 0 Å². The minimum Gasteiger partial charge on any atom is -0.440 e. The van der Waals surface area contributed by atoms with Crippen molar-refractivity contribution in [3.8, 4) is 11.5 Å². The van der Waals surface area contributed by atoms with Crippen LogP contribution in [0.1, 0.15) is 5.76 Å². The smallest absolute Gasteiger partial charge is 0.229 e. The first-order chi connectivity index (χ1) is 6.81. The molecule has 0 saturated carbocycles. The molecular formula is C10H7ClFNO. The molecule has 2 nitrogen and oxygen atoms in total. The third-order valence-electron chi connectivity index (χ3n) is 1.79. The van der Waals surface area contributed by atoms with Crippen molar-refractivity contribution in [2.24, 2.45) is 0 Å². The Morgan fingerprint density at radius 2 is 2.14 bits per heavy atom. The number of alkyl halides is 1. The van der Waals surface area contributed by atoms with E-state index in [0.717, 1.165) is 0 Å². The second-order valence-corrected chi connectivity index (χ2v) is 3.01. The largest absolute Gasteiger partial charge is 0.440 e. The summed E-state index contributed by atoms with van der Waals surface area (Å²) in [7, 11) is 0. The molecule has 1 heterocycles. The first-order valence-electron chi connectivity index (χ1n) is 4.07. The predicted molar refractivity (Wildman–Crippen MR) is 51.5 cm³/mol. The Labute approximate surface area is 85.3 Å². The van der Waals surface area contributed by atoms with Crippen LogP contribution >= 0.6 is 11.6 Å². The van der Waals surface area contributed by atoms with Crippen LogP contribution in [0.15, 0.2) is 34.9 Å². The first kappa shape index (κ1) is 9.21. The van der Waals surface area contributed by atoms with Crippen LogP contribution in [0, 0.1) is 5.82 Å². The van der Waals surface area contributed by atoms with Gasteiger partial charge in [-0.1, -0.05) is 12.1 Å². The summed E-state index contributed by atoms with van der Waals surface area (Å²) in [6.45, 7) is 0. The normalized spacial score (nSPS) is 10.4. The maximum atomic E-state index is 13.3. The van der Waals surface area contributed by atoms with Crippen LogP contribution in [-0.2, 0) is 5.88 Å². The van der Waals surface area contributed by atoms with Crippen molar-refractivity contribution in [3.05, 3.63) is 42.0 Å². The third kappa shape index (κ3) is 1.63. The Bertz CT molecular complexity index is 441. The van der Waals surface area contributed by atoms with E-state index in [1.165, 1.54) is 12.3 Å². The molecule has 0 bridgehead atoms. The fourth-order valence-corrected chi connectivity index (χ4v) is 1.25. The van der Waals surface area contributed by atoms with Crippen molar-refractivity contribution in [2.45, 2.75) is 5.88 Å². The van der Waals surface area contributed by atoms with E-state index in [4.69, 9.17) is 16.0 Å². The van der Waals surface area contributed by atoms with Crippen LogP contribution in [-0.4, -0.2) is 4.98 Å². The van der Waals surface area contributed by atoms with Crippen molar-refractivity contribution in [1.82, 2.24) is 4.98 Å². The molecule has 0 amide bonds. The standard InChI is InChI=1S/C10H7ClFNO/c11-5-7-6-13-10(14-7)8-3-1-2-4-9(8)12/h1-4,6H,5H2. The Morgan fingerprint density at radius 3 is 2.79 bits per heavy atom.